The highest BCUT2D eigenvalue weighted by atomic mass is 32.3. The summed E-state index contributed by atoms with van der Waals surface area (Å²) in [4.78, 5) is 0. The molecule has 1 heterocycles. The smallest absolute Gasteiger partial charge is 0.421 e. The zero-order valence-electron chi connectivity index (χ0n) is 11.8. The van der Waals surface area contributed by atoms with Gasteiger partial charge in [-0.3, -0.25) is 0 Å². The highest BCUT2D eigenvalue weighted by molar-refractivity contribution is 8.13. The Morgan fingerprint density at radius 1 is 1.08 bits per heavy atom. The quantitative estimate of drug-likeness (QED) is 0.568. The molecule has 0 amide bonds. The molecule has 7 nitrogen and oxygen atoms in total. The van der Waals surface area contributed by atoms with Gasteiger partial charge in [-0.15, -0.1) is 0 Å². The molecule has 0 unspecified atom stereocenters. The van der Waals surface area contributed by atoms with Gasteiger partial charge in [0.2, 0.25) is 6.33 Å². The molecule has 0 fully saturated rings. The maximum absolute atomic E-state index is 11.4. The minimum absolute atomic E-state index is 0.778. The largest absolute Gasteiger partial charge is 0.480 e. The predicted octanol–water partition coefficient (Wildman–Crippen LogP) is 1.96. The van der Waals surface area contributed by atoms with E-state index in [0.29, 0.717) is 0 Å². The fourth-order valence-electron chi connectivity index (χ4n) is 0.920. The molecule has 0 saturated heterocycles. The van der Waals surface area contributed by atoms with Crippen LogP contribution < -0.4 is 4.57 Å². The van der Waals surface area contributed by atoms with Crippen molar-refractivity contribution in [1.82, 2.24) is 4.57 Å². The van der Waals surface area contributed by atoms with Crippen LogP contribution in [0.25, 0.3) is 10.3 Å². The molecule has 0 aliphatic carbocycles. The summed E-state index contributed by atoms with van der Waals surface area (Å²) in [6.07, 6.45) is 7.75. The van der Waals surface area contributed by atoms with Crippen LogP contribution >= 0.6 is 0 Å². The molecule has 0 aliphatic heterocycles. The molecule has 0 spiro atoms. The standard InChI is InChI=1S/C7H11N2.C2F6NO4S2/c1-3-8-5-6-9(4-2)7-8;3-1(4,5)14(10,11)9-15(12,13)2(6,7)8/h3,5-7H,1,4H2,2H3;/q+1;-1. The maximum Gasteiger partial charge on any atom is 0.480 e. The van der Waals surface area contributed by atoms with E-state index in [-0.39, 0.29) is 0 Å². The molecule has 24 heavy (non-hydrogen) atoms. The van der Waals surface area contributed by atoms with Crippen LogP contribution in [0.2, 0.25) is 0 Å². The number of halogens is 6. The molecule has 0 atom stereocenters. The van der Waals surface area contributed by atoms with E-state index in [1.165, 1.54) is 0 Å². The van der Waals surface area contributed by atoms with Gasteiger partial charge in [-0.1, -0.05) is 6.58 Å². The van der Waals surface area contributed by atoms with E-state index in [9.17, 15) is 43.2 Å². The van der Waals surface area contributed by atoms with Crippen LogP contribution in [0.5, 0.6) is 0 Å². The summed E-state index contributed by atoms with van der Waals surface area (Å²) in [5, 5.41) is 0. The van der Waals surface area contributed by atoms with Gasteiger partial charge in [0, 0.05) is 0 Å². The number of alkyl halides is 6. The summed E-state index contributed by atoms with van der Waals surface area (Å²) < 4.78 is 113. The number of nitrogens with zero attached hydrogens (tertiary/aromatic N) is 3. The van der Waals surface area contributed by atoms with Crippen molar-refractivity contribution in [1.29, 1.82) is 0 Å². The number of imidazole rings is 1. The Morgan fingerprint density at radius 2 is 1.50 bits per heavy atom. The summed E-state index contributed by atoms with van der Waals surface area (Å²) in [6, 6.07) is 0. The van der Waals surface area contributed by atoms with Crippen LogP contribution in [-0.4, -0.2) is 32.4 Å². The molecule has 0 bridgehead atoms. The highest BCUT2D eigenvalue weighted by Crippen LogP contribution is 2.36. The SMILES string of the molecule is C=Cn1cc[n+](CC)c1.O=S(=O)([N-]S(=O)(=O)C(F)(F)F)C(F)(F)F. The number of hydrogen-bond acceptors (Lipinski definition) is 4. The molecule has 0 radical (unpaired) electrons. The first-order valence-electron chi connectivity index (χ1n) is 5.63. The summed E-state index contributed by atoms with van der Waals surface area (Å²) in [6.45, 7) is 6.75. The minimum Gasteiger partial charge on any atom is -0.421 e. The van der Waals surface area contributed by atoms with E-state index in [2.05, 4.69) is 18.1 Å². The van der Waals surface area contributed by atoms with Gasteiger partial charge in [0.05, 0.1) is 12.7 Å². The van der Waals surface area contributed by atoms with Gasteiger partial charge >= 0.3 is 11.0 Å². The maximum atomic E-state index is 11.4. The molecule has 140 valence electrons. The fraction of sp³-hybridized carbons (Fsp3) is 0.444. The van der Waals surface area contributed by atoms with E-state index in [1.54, 1.807) is 6.20 Å². The topological polar surface area (TPSA) is 91.2 Å². The summed E-state index contributed by atoms with van der Waals surface area (Å²) >= 11 is 0. The molecule has 0 aliphatic rings. The van der Waals surface area contributed by atoms with E-state index in [0.717, 1.165) is 10.7 Å². The lowest BCUT2D eigenvalue weighted by atomic mass is 10.7. The van der Waals surface area contributed by atoms with Gasteiger partial charge in [0.1, 0.15) is 12.4 Å². The second-order valence-corrected chi connectivity index (χ2v) is 7.21. The lowest BCUT2D eigenvalue weighted by molar-refractivity contribution is -0.692. The first-order valence-corrected chi connectivity index (χ1v) is 8.51. The molecule has 15 heteroatoms. The number of aryl methyl sites for hydroxylation is 1. The van der Waals surface area contributed by atoms with E-state index >= 15 is 0 Å². The average molecular weight is 403 g/mol. The lowest BCUT2D eigenvalue weighted by Crippen LogP contribution is -2.30. The Hall–Kier alpha value is -1.61. The van der Waals surface area contributed by atoms with E-state index in [1.807, 2.05) is 23.3 Å². The average Bonchev–Trinajstić information content (AvgIpc) is 2.83. The Kier molecular flexibility index (Phi) is 7.01. The second-order valence-electron chi connectivity index (χ2n) is 3.79. The normalized spacial score (nSPS) is 13.1. The van der Waals surface area contributed by atoms with E-state index in [4.69, 9.17) is 0 Å². The molecule has 0 N–H and O–H groups in total. The zero-order chi connectivity index (χ0) is 19.4. The number of aromatic nitrogens is 2. The Bertz CT molecular complexity index is 722. The van der Waals surface area contributed by atoms with Crippen LogP contribution in [-0.2, 0) is 26.6 Å². The Balaban J connectivity index is 0.000000496. The Labute approximate surface area is 133 Å². The van der Waals surface area contributed by atoms with Crippen molar-refractivity contribution in [2.24, 2.45) is 0 Å². The van der Waals surface area contributed by atoms with Gasteiger partial charge in [0.25, 0.3) is 0 Å². The van der Waals surface area contributed by atoms with Crippen molar-refractivity contribution in [3.63, 3.8) is 0 Å². The summed E-state index contributed by atoms with van der Waals surface area (Å²) in [5.74, 6) is 0. The first-order chi connectivity index (χ1) is 10.6. The van der Waals surface area contributed by atoms with Crippen LogP contribution in [0.3, 0.4) is 0 Å². The van der Waals surface area contributed by atoms with Crippen molar-refractivity contribution in [2.45, 2.75) is 24.5 Å². The highest BCUT2D eigenvalue weighted by Gasteiger charge is 2.46. The van der Waals surface area contributed by atoms with Gasteiger partial charge in [-0.2, -0.15) is 26.3 Å². The van der Waals surface area contributed by atoms with Crippen LogP contribution in [0.4, 0.5) is 26.3 Å². The second kappa shape index (κ2) is 7.52. The predicted molar refractivity (Wildman–Crippen MR) is 70.0 cm³/mol. The summed E-state index contributed by atoms with van der Waals surface area (Å²) in [7, 11) is -13.4. The number of rotatable bonds is 4. The van der Waals surface area contributed by atoms with Gasteiger partial charge in [-0.25, -0.2) is 26.0 Å². The van der Waals surface area contributed by atoms with Crippen LogP contribution in [0, 0.1) is 0 Å². The zero-order valence-corrected chi connectivity index (χ0v) is 13.4. The van der Waals surface area contributed by atoms with E-state index < -0.39 is 31.1 Å². The van der Waals surface area contributed by atoms with Crippen molar-refractivity contribution in [2.75, 3.05) is 0 Å². The third-order valence-electron chi connectivity index (χ3n) is 2.07. The van der Waals surface area contributed by atoms with Gasteiger partial charge in [-0.05, 0) is 6.92 Å². The van der Waals surface area contributed by atoms with Gasteiger partial charge in [0.15, 0.2) is 20.0 Å². The Morgan fingerprint density at radius 3 is 1.71 bits per heavy atom. The third-order valence-corrected chi connectivity index (χ3v) is 4.81. The molecule has 0 aromatic carbocycles. The molecule has 1 rings (SSSR count). The molecule has 0 saturated carbocycles. The summed E-state index contributed by atoms with van der Waals surface area (Å²) in [5.41, 5.74) is -12.4. The van der Waals surface area contributed by atoms with Crippen molar-refractivity contribution < 1.29 is 47.7 Å². The van der Waals surface area contributed by atoms with Crippen molar-refractivity contribution in [3.05, 3.63) is 29.4 Å². The lowest BCUT2D eigenvalue weighted by Gasteiger charge is -2.22. The monoisotopic (exact) mass is 403 g/mol. The molecule has 1 aromatic rings. The van der Waals surface area contributed by atoms with Crippen molar-refractivity contribution >= 4 is 26.2 Å². The number of sulfonamides is 2. The van der Waals surface area contributed by atoms with Crippen LogP contribution in [0.1, 0.15) is 6.92 Å². The fourth-order valence-corrected chi connectivity index (χ4v) is 2.63. The number of hydrogen-bond donors (Lipinski definition) is 0. The molecule has 1 aromatic heterocycles. The van der Waals surface area contributed by atoms with Gasteiger partial charge < -0.3 is 4.13 Å². The first kappa shape index (κ1) is 22.4. The van der Waals surface area contributed by atoms with Crippen molar-refractivity contribution in [3.8, 4) is 0 Å². The van der Waals surface area contributed by atoms with Crippen LogP contribution in [0.15, 0.2) is 25.3 Å². The molecular weight excluding hydrogens is 392 g/mol. The third kappa shape index (κ3) is 6.12. The minimum atomic E-state index is -6.72. The molecular formula is C9H11F6N3O4S2.